The largest absolute Gasteiger partial charge is 0.462 e. The second kappa shape index (κ2) is 56.9. The maximum absolute atomic E-state index is 12.8. The minimum absolute atomic E-state index is 0.106. The number of unbranched alkanes of at least 4 members (excludes halogenated alkanes) is 24. The molecule has 0 aromatic rings. The predicted molar refractivity (Wildman–Crippen MR) is 297 cm³/mol. The molecule has 0 spiro atoms. The molecule has 1 atom stereocenters. The Morgan fingerprint density at radius 3 is 0.855 bits per heavy atom. The van der Waals surface area contributed by atoms with Gasteiger partial charge in [0.2, 0.25) is 0 Å². The van der Waals surface area contributed by atoms with E-state index in [-0.39, 0.29) is 37.5 Å². The van der Waals surface area contributed by atoms with Gasteiger partial charge in [-0.25, -0.2) is 0 Å². The summed E-state index contributed by atoms with van der Waals surface area (Å²) in [6.45, 7) is 6.51. The summed E-state index contributed by atoms with van der Waals surface area (Å²) in [6.07, 6.45) is 75.4. The minimum atomic E-state index is -0.815. The first kappa shape index (κ1) is 65.3. The minimum Gasteiger partial charge on any atom is -0.462 e. The van der Waals surface area contributed by atoms with Crippen molar-refractivity contribution < 1.29 is 28.6 Å². The molecule has 0 N–H and O–H groups in total. The van der Waals surface area contributed by atoms with Crippen LogP contribution < -0.4 is 0 Å². The predicted octanol–water partition coefficient (Wildman–Crippen LogP) is 19.3. The molecule has 0 saturated heterocycles. The van der Waals surface area contributed by atoms with Crippen molar-refractivity contribution in [2.45, 2.75) is 271 Å². The van der Waals surface area contributed by atoms with Gasteiger partial charge >= 0.3 is 17.9 Å². The van der Waals surface area contributed by atoms with Gasteiger partial charge in [-0.1, -0.05) is 221 Å². The fourth-order valence-electron chi connectivity index (χ4n) is 7.67. The Balaban J connectivity index is 4.49. The molecule has 0 aliphatic rings. The van der Waals surface area contributed by atoms with E-state index in [0.29, 0.717) is 19.3 Å². The van der Waals surface area contributed by atoms with Gasteiger partial charge in [-0.3, -0.25) is 14.4 Å². The monoisotopic (exact) mass is 959 g/mol. The van der Waals surface area contributed by atoms with Crippen LogP contribution in [-0.4, -0.2) is 37.2 Å². The van der Waals surface area contributed by atoms with Gasteiger partial charge in [0.1, 0.15) is 13.2 Å². The van der Waals surface area contributed by atoms with E-state index in [1.807, 2.05) is 0 Å². The summed E-state index contributed by atoms with van der Waals surface area (Å²) in [5, 5.41) is 0. The highest BCUT2D eigenvalue weighted by Gasteiger charge is 2.19. The topological polar surface area (TPSA) is 78.9 Å². The number of hydrogen-bond donors (Lipinski definition) is 0. The van der Waals surface area contributed by atoms with Gasteiger partial charge in [0.25, 0.3) is 0 Å². The molecule has 6 heteroatoms. The Morgan fingerprint density at radius 2 is 0.536 bits per heavy atom. The Bertz CT molecular complexity index is 1380. The molecule has 69 heavy (non-hydrogen) atoms. The van der Waals surface area contributed by atoms with E-state index >= 15 is 0 Å². The fraction of sp³-hybridized carbons (Fsp3) is 0.698. The van der Waals surface area contributed by atoms with E-state index < -0.39 is 6.10 Å². The van der Waals surface area contributed by atoms with Gasteiger partial charge in [-0.2, -0.15) is 0 Å². The van der Waals surface area contributed by atoms with Gasteiger partial charge in [0, 0.05) is 19.3 Å². The van der Waals surface area contributed by atoms with Crippen molar-refractivity contribution in [3.8, 4) is 0 Å². The molecule has 0 aliphatic carbocycles. The zero-order chi connectivity index (χ0) is 50.0. The molecule has 0 saturated carbocycles. The molecule has 0 radical (unpaired) electrons. The second-order valence-electron chi connectivity index (χ2n) is 18.8. The van der Waals surface area contributed by atoms with Crippen LogP contribution in [0.1, 0.15) is 265 Å². The molecule has 0 aromatic heterocycles. The molecular formula is C63H106O6. The molecule has 0 heterocycles. The third kappa shape index (κ3) is 55.1. The highest BCUT2D eigenvalue weighted by molar-refractivity contribution is 5.71. The van der Waals surface area contributed by atoms with Gasteiger partial charge < -0.3 is 14.2 Å². The van der Waals surface area contributed by atoms with Crippen LogP contribution in [0.15, 0.2) is 97.2 Å². The third-order valence-corrected chi connectivity index (χ3v) is 12.0. The summed E-state index contributed by atoms with van der Waals surface area (Å²) >= 11 is 0. The smallest absolute Gasteiger partial charge is 0.306 e. The van der Waals surface area contributed by atoms with E-state index in [9.17, 15) is 14.4 Å². The molecule has 0 aromatic carbocycles. The van der Waals surface area contributed by atoms with Crippen LogP contribution in [0.3, 0.4) is 0 Å². The normalized spacial score (nSPS) is 12.8. The summed E-state index contributed by atoms with van der Waals surface area (Å²) in [5.74, 6) is -0.979. The van der Waals surface area contributed by atoms with Crippen molar-refractivity contribution >= 4 is 17.9 Å². The van der Waals surface area contributed by atoms with Crippen LogP contribution in [0.5, 0.6) is 0 Å². The first-order chi connectivity index (χ1) is 34.0. The third-order valence-electron chi connectivity index (χ3n) is 12.0. The van der Waals surface area contributed by atoms with E-state index in [1.165, 1.54) is 122 Å². The standard InChI is InChI=1S/C63H106O6/c1-4-7-10-13-16-19-22-25-28-30-31-33-35-38-41-44-47-50-53-56-62(65)68-59-60(58-67-61(64)55-52-49-46-43-40-37-34-27-24-21-18-15-12-9-6-3)69-63(66)57-54-51-48-45-42-39-36-32-29-26-23-20-17-14-11-8-5-2/h16-21,25-29,34,36,39,45,48,60H,4-15,22-24,30-33,35,37-38,40-44,46-47,49-59H2,1-3H3/b19-16-,20-17-,21-18-,28-25-,29-26-,34-27-,39-36-,48-45-/t60-/m1/s1. The van der Waals surface area contributed by atoms with Crippen LogP contribution in [0.2, 0.25) is 0 Å². The molecular weight excluding hydrogens is 853 g/mol. The molecule has 0 fully saturated rings. The summed E-state index contributed by atoms with van der Waals surface area (Å²) < 4.78 is 16.8. The van der Waals surface area contributed by atoms with Crippen molar-refractivity contribution in [1.29, 1.82) is 0 Å². The van der Waals surface area contributed by atoms with Crippen molar-refractivity contribution in [3.05, 3.63) is 97.2 Å². The summed E-state index contributed by atoms with van der Waals surface area (Å²) in [6, 6.07) is 0. The first-order valence-electron chi connectivity index (χ1n) is 28.7. The molecule has 394 valence electrons. The zero-order valence-corrected chi connectivity index (χ0v) is 45.0. The molecule has 0 amide bonds. The average molecular weight is 960 g/mol. The highest BCUT2D eigenvalue weighted by atomic mass is 16.6. The number of hydrogen-bond acceptors (Lipinski definition) is 6. The van der Waals surface area contributed by atoms with Gasteiger partial charge in [-0.05, 0) is 122 Å². The Hall–Kier alpha value is -3.67. The summed E-state index contributed by atoms with van der Waals surface area (Å²) in [7, 11) is 0. The Morgan fingerprint density at radius 1 is 0.290 bits per heavy atom. The molecule has 0 unspecified atom stereocenters. The van der Waals surface area contributed by atoms with Crippen LogP contribution in [-0.2, 0) is 28.6 Å². The van der Waals surface area contributed by atoms with E-state index in [1.54, 1.807) is 0 Å². The van der Waals surface area contributed by atoms with Crippen LogP contribution >= 0.6 is 0 Å². The number of allylic oxidation sites excluding steroid dienone is 16. The first-order valence-corrected chi connectivity index (χ1v) is 28.7. The summed E-state index contributed by atoms with van der Waals surface area (Å²) in [4.78, 5) is 38.1. The quantitative estimate of drug-likeness (QED) is 0.0262. The number of carbonyl (C=O) groups is 3. The van der Waals surface area contributed by atoms with E-state index in [2.05, 4.69) is 118 Å². The van der Waals surface area contributed by atoms with Crippen LogP contribution in [0, 0.1) is 0 Å². The van der Waals surface area contributed by atoms with Gasteiger partial charge in [-0.15, -0.1) is 0 Å². The Labute approximate surface area is 426 Å². The maximum atomic E-state index is 12.8. The van der Waals surface area contributed by atoms with Gasteiger partial charge in [0.05, 0.1) is 0 Å². The molecule has 0 aliphatic heterocycles. The maximum Gasteiger partial charge on any atom is 0.306 e. The zero-order valence-electron chi connectivity index (χ0n) is 45.0. The van der Waals surface area contributed by atoms with Crippen molar-refractivity contribution in [2.75, 3.05) is 13.2 Å². The highest BCUT2D eigenvalue weighted by Crippen LogP contribution is 2.14. The Kier molecular flexibility index (Phi) is 53.9. The fourth-order valence-corrected chi connectivity index (χ4v) is 7.67. The van der Waals surface area contributed by atoms with E-state index in [4.69, 9.17) is 14.2 Å². The lowest BCUT2D eigenvalue weighted by Crippen LogP contribution is -2.30. The molecule has 6 nitrogen and oxygen atoms in total. The van der Waals surface area contributed by atoms with Crippen molar-refractivity contribution in [1.82, 2.24) is 0 Å². The lowest BCUT2D eigenvalue weighted by atomic mass is 10.1. The second-order valence-corrected chi connectivity index (χ2v) is 18.8. The lowest BCUT2D eigenvalue weighted by Gasteiger charge is -2.18. The van der Waals surface area contributed by atoms with Gasteiger partial charge in [0.15, 0.2) is 6.10 Å². The average Bonchev–Trinajstić information content (AvgIpc) is 3.35. The number of ether oxygens (including phenoxy) is 3. The van der Waals surface area contributed by atoms with Crippen LogP contribution in [0.4, 0.5) is 0 Å². The molecule has 0 bridgehead atoms. The van der Waals surface area contributed by atoms with Crippen LogP contribution in [0.25, 0.3) is 0 Å². The van der Waals surface area contributed by atoms with E-state index in [0.717, 1.165) is 96.3 Å². The molecule has 0 rings (SSSR count). The number of esters is 3. The van der Waals surface area contributed by atoms with Crippen molar-refractivity contribution in [2.24, 2.45) is 0 Å². The number of rotatable bonds is 51. The van der Waals surface area contributed by atoms with Crippen molar-refractivity contribution in [3.63, 3.8) is 0 Å². The number of carbonyl (C=O) groups excluding carboxylic acids is 3. The SMILES string of the molecule is CCCCC/C=C\C/C=C\C/C=C\C/C=C\CCCC(=O)O[C@H](COC(=O)CCCCCCC/C=C\C/C=C\CCCCC)COC(=O)CCCCCCCCCCC/C=C\C/C=C\CCCCC. The lowest BCUT2D eigenvalue weighted by molar-refractivity contribution is -0.167. The summed E-state index contributed by atoms with van der Waals surface area (Å²) in [5.41, 5.74) is 0.